The molecule has 298 valence electrons. The molecule has 5 aromatic rings. The maximum absolute atomic E-state index is 13.8. The number of amides is 4. The number of nitrogens with one attached hydrogen (secondary N) is 3. The van der Waals surface area contributed by atoms with Gasteiger partial charge in [0.25, 0.3) is 5.91 Å². The first kappa shape index (κ1) is 39.0. The Kier molecular flexibility index (Phi) is 10.9. The molecule has 4 amide bonds. The fourth-order valence-corrected chi connectivity index (χ4v) is 9.14. The number of halogens is 1. The number of thiophene rings is 1. The van der Waals surface area contributed by atoms with E-state index >= 15 is 0 Å². The van der Waals surface area contributed by atoms with Gasteiger partial charge in [-0.2, -0.15) is 0 Å². The average Bonchev–Trinajstić information content (AvgIpc) is 3.82. The van der Waals surface area contributed by atoms with Gasteiger partial charge < -0.3 is 20.3 Å². The van der Waals surface area contributed by atoms with Crippen molar-refractivity contribution in [2.45, 2.75) is 78.0 Å². The van der Waals surface area contributed by atoms with Gasteiger partial charge in [0.1, 0.15) is 28.7 Å². The van der Waals surface area contributed by atoms with E-state index in [0.717, 1.165) is 50.0 Å². The van der Waals surface area contributed by atoms with Crippen molar-refractivity contribution in [3.63, 3.8) is 0 Å². The SMILES string of the molecule is Cc1sc2c(c1C)C(c1ccc(Cl)cc1)=N[C@@H](CC(=O)N[C@H](C)c1cccc(OCCCNc3cccc4c3CN(C3CCC(=O)NC3=O)C4=O)c1)c1nnc(C)n1-2. The molecule has 58 heavy (non-hydrogen) atoms. The molecule has 0 bridgehead atoms. The number of ether oxygens (including phenoxy) is 1. The molecule has 1 saturated heterocycles. The highest BCUT2D eigenvalue weighted by Gasteiger charge is 2.40. The van der Waals surface area contributed by atoms with E-state index in [2.05, 4.69) is 40.0 Å². The van der Waals surface area contributed by atoms with Crippen molar-refractivity contribution < 1.29 is 23.9 Å². The van der Waals surface area contributed by atoms with Gasteiger partial charge in [0.05, 0.1) is 24.8 Å². The summed E-state index contributed by atoms with van der Waals surface area (Å²) >= 11 is 7.93. The van der Waals surface area contributed by atoms with E-state index in [0.29, 0.717) is 54.7 Å². The minimum absolute atomic E-state index is 0.0729. The lowest BCUT2D eigenvalue weighted by atomic mass is 9.99. The fraction of sp³-hybridized carbons (Fsp3) is 0.326. The van der Waals surface area contributed by atoms with Gasteiger partial charge >= 0.3 is 0 Å². The molecule has 5 heterocycles. The smallest absolute Gasteiger partial charge is 0.255 e. The number of fused-ring (bicyclic) bond motifs is 4. The Morgan fingerprint density at radius 2 is 1.84 bits per heavy atom. The normalized spacial score (nSPS) is 17.8. The summed E-state index contributed by atoms with van der Waals surface area (Å²) < 4.78 is 8.15. The van der Waals surface area contributed by atoms with Crippen LogP contribution in [0.1, 0.15) is 99.4 Å². The zero-order chi connectivity index (χ0) is 40.7. The minimum atomic E-state index is -0.661. The predicted molar refractivity (Wildman–Crippen MR) is 222 cm³/mol. The van der Waals surface area contributed by atoms with Gasteiger partial charge in [0.2, 0.25) is 17.7 Å². The summed E-state index contributed by atoms with van der Waals surface area (Å²) in [6.07, 6.45) is 1.29. The molecule has 0 aliphatic carbocycles. The van der Waals surface area contributed by atoms with Gasteiger partial charge in [0, 0.05) is 57.4 Å². The topological polar surface area (TPSA) is 160 Å². The molecule has 3 aliphatic heterocycles. The standard InChI is InChI=1S/C43H43ClN8O5S/c1-23-25(3)58-43-38(23)39(27-12-14-29(44)15-13-27)47-34(40-50-49-26(4)52(40)43)21-37(54)46-24(2)28-8-5-9-30(20-28)57-19-7-18-45-33-11-6-10-31-32(33)22-51(42(31)56)35-16-17-36(53)48-41(35)55/h5-6,8-15,20,24,34-35,45H,7,16-19,21-22H2,1-4H3,(H,46,54)(H,48,53,55)/t24-,34+,35?/m1/s1. The molecule has 3 N–H and O–H groups in total. The van der Waals surface area contributed by atoms with Crippen LogP contribution in [0, 0.1) is 20.8 Å². The first-order chi connectivity index (χ1) is 28.0. The maximum atomic E-state index is 13.8. The van der Waals surface area contributed by atoms with Crippen LogP contribution in [0.25, 0.3) is 5.00 Å². The summed E-state index contributed by atoms with van der Waals surface area (Å²) in [7, 11) is 0. The molecule has 13 nitrogen and oxygen atoms in total. The highest BCUT2D eigenvalue weighted by atomic mass is 35.5. The van der Waals surface area contributed by atoms with Crippen LogP contribution in [0.5, 0.6) is 5.75 Å². The summed E-state index contributed by atoms with van der Waals surface area (Å²) in [5.74, 6) is 0.924. The Balaban J connectivity index is 0.886. The largest absolute Gasteiger partial charge is 0.494 e. The highest BCUT2D eigenvalue weighted by molar-refractivity contribution is 7.15. The molecule has 15 heteroatoms. The van der Waals surface area contributed by atoms with E-state index in [1.54, 1.807) is 22.3 Å². The number of aryl methyl sites for hydroxylation is 2. The van der Waals surface area contributed by atoms with Crippen molar-refractivity contribution >= 4 is 58.0 Å². The maximum Gasteiger partial charge on any atom is 0.255 e. The van der Waals surface area contributed by atoms with Gasteiger partial charge in [-0.05, 0) is 88.1 Å². The van der Waals surface area contributed by atoms with Gasteiger partial charge in [0.15, 0.2) is 5.82 Å². The van der Waals surface area contributed by atoms with Crippen LogP contribution in [0.4, 0.5) is 5.69 Å². The van der Waals surface area contributed by atoms with Crippen LogP contribution in [0.2, 0.25) is 5.02 Å². The quantitative estimate of drug-likeness (QED) is 0.0926. The summed E-state index contributed by atoms with van der Waals surface area (Å²) in [5.41, 5.74) is 6.98. The number of piperidine rings is 1. The molecule has 0 saturated carbocycles. The zero-order valence-electron chi connectivity index (χ0n) is 32.6. The molecule has 2 aromatic heterocycles. The molecule has 1 unspecified atom stereocenters. The van der Waals surface area contributed by atoms with Crippen LogP contribution in [-0.2, 0) is 20.9 Å². The van der Waals surface area contributed by atoms with Crippen molar-refractivity contribution in [3.8, 4) is 10.8 Å². The van der Waals surface area contributed by atoms with E-state index in [1.165, 1.54) is 4.88 Å². The number of aliphatic imine (C=N–C) groups is 1. The summed E-state index contributed by atoms with van der Waals surface area (Å²) in [4.78, 5) is 59.0. The summed E-state index contributed by atoms with van der Waals surface area (Å²) in [5, 5.41) is 19.5. The number of hydrogen-bond donors (Lipinski definition) is 3. The van der Waals surface area contributed by atoms with E-state index in [-0.39, 0.29) is 36.6 Å². The van der Waals surface area contributed by atoms with E-state index < -0.39 is 18.0 Å². The summed E-state index contributed by atoms with van der Waals surface area (Å²) in [6.45, 7) is 9.39. The Labute approximate surface area is 344 Å². The van der Waals surface area contributed by atoms with Crippen LogP contribution < -0.4 is 20.7 Å². The second kappa shape index (κ2) is 16.2. The first-order valence-corrected chi connectivity index (χ1v) is 20.5. The Morgan fingerprint density at radius 1 is 1.05 bits per heavy atom. The minimum Gasteiger partial charge on any atom is -0.494 e. The molecule has 3 aromatic carbocycles. The van der Waals surface area contributed by atoms with E-state index in [9.17, 15) is 19.2 Å². The number of imide groups is 1. The lowest BCUT2D eigenvalue weighted by Gasteiger charge is -2.29. The second-order valence-corrected chi connectivity index (χ2v) is 16.5. The van der Waals surface area contributed by atoms with Gasteiger partial charge in [-0.25, -0.2) is 0 Å². The van der Waals surface area contributed by atoms with E-state index in [4.69, 9.17) is 21.3 Å². The molecule has 3 atom stereocenters. The Hall–Kier alpha value is -5.86. The third-order valence-electron chi connectivity index (χ3n) is 11.0. The van der Waals surface area contributed by atoms with E-state index in [1.807, 2.05) is 79.1 Å². The molecule has 1 fully saturated rings. The molecule has 0 radical (unpaired) electrons. The second-order valence-electron chi connectivity index (χ2n) is 14.8. The van der Waals surface area contributed by atoms with Crippen molar-refractivity contribution in [2.75, 3.05) is 18.5 Å². The summed E-state index contributed by atoms with van der Waals surface area (Å²) in [6, 6.07) is 19.3. The molecule has 0 spiro atoms. The van der Waals surface area contributed by atoms with Gasteiger partial charge in [-0.15, -0.1) is 21.5 Å². The van der Waals surface area contributed by atoms with Crippen molar-refractivity contribution in [2.24, 2.45) is 4.99 Å². The van der Waals surface area contributed by atoms with Crippen LogP contribution in [0.15, 0.2) is 71.7 Å². The number of aromatic nitrogens is 3. The van der Waals surface area contributed by atoms with Gasteiger partial charge in [-0.1, -0.05) is 41.9 Å². The number of nitrogens with zero attached hydrogens (tertiary/aromatic N) is 5. The monoisotopic (exact) mass is 818 g/mol. The molecular formula is C43H43ClN8O5S. The number of anilines is 1. The van der Waals surface area contributed by atoms with Gasteiger partial charge in [-0.3, -0.25) is 34.1 Å². The average molecular weight is 819 g/mol. The Bertz CT molecular complexity index is 2480. The van der Waals surface area contributed by atoms with Crippen molar-refractivity contribution in [3.05, 3.63) is 122 Å². The molecule has 8 rings (SSSR count). The fourth-order valence-electron chi connectivity index (χ4n) is 7.80. The number of benzene rings is 3. The third kappa shape index (κ3) is 7.61. The number of rotatable bonds is 12. The lowest BCUT2D eigenvalue weighted by molar-refractivity contribution is -0.137. The van der Waals surface area contributed by atoms with Crippen LogP contribution in [0.3, 0.4) is 0 Å². The first-order valence-electron chi connectivity index (χ1n) is 19.4. The number of carbonyl (C=O) groups is 4. The number of carbonyl (C=O) groups excluding carboxylic acids is 4. The molecular weight excluding hydrogens is 776 g/mol. The van der Waals surface area contributed by atoms with Crippen LogP contribution in [-0.4, -0.2) is 68.2 Å². The zero-order valence-corrected chi connectivity index (χ0v) is 34.2. The van der Waals surface area contributed by atoms with Crippen LogP contribution >= 0.6 is 22.9 Å². The highest BCUT2D eigenvalue weighted by Crippen LogP contribution is 2.40. The van der Waals surface area contributed by atoms with Crippen molar-refractivity contribution in [1.29, 1.82) is 0 Å². The third-order valence-corrected chi connectivity index (χ3v) is 12.4. The predicted octanol–water partition coefficient (Wildman–Crippen LogP) is 6.71. The lowest BCUT2D eigenvalue weighted by Crippen LogP contribution is -2.52. The molecule has 3 aliphatic rings. The Morgan fingerprint density at radius 3 is 2.64 bits per heavy atom. The van der Waals surface area contributed by atoms with Crippen molar-refractivity contribution in [1.82, 2.24) is 30.3 Å². The number of hydrogen-bond acceptors (Lipinski definition) is 10.